The van der Waals surface area contributed by atoms with Crippen LogP contribution in [0.5, 0.6) is 11.5 Å². The van der Waals surface area contributed by atoms with E-state index >= 15 is 0 Å². The van der Waals surface area contributed by atoms with E-state index in [1.54, 1.807) is 0 Å². The second-order valence-electron chi connectivity index (χ2n) is 2.32. The lowest BCUT2D eigenvalue weighted by molar-refractivity contribution is 0.0598. The predicted octanol–water partition coefficient (Wildman–Crippen LogP) is 1.65. The molecule has 0 radical (unpaired) electrons. The second kappa shape index (κ2) is 3.66. The molecule has 1 aromatic rings. The lowest BCUT2D eigenvalue weighted by Crippen LogP contribution is -2.01. The van der Waals surface area contributed by atoms with Crippen LogP contribution in [-0.2, 0) is 4.74 Å². The Hall–Kier alpha value is -1.23. The van der Waals surface area contributed by atoms with Crippen LogP contribution < -0.4 is 0 Å². The number of halogens is 1. The minimum Gasteiger partial charge on any atom is -0.508 e. The van der Waals surface area contributed by atoms with E-state index in [0.717, 1.165) is 6.07 Å². The molecule has 4 nitrogen and oxygen atoms in total. The Morgan fingerprint density at radius 1 is 1.46 bits per heavy atom. The SMILES string of the molecule is COC(=O)c1cc(O)cc(O)c1Br. The molecule has 2 N–H and O–H groups in total. The maximum absolute atomic E-state index is 11.1. The fourth-order valence-corrected chi connectivity index (χ4v) is 1.24. The van der Waals surface area contributed by atoms with Crippen LogP contribution in [0, 0.1) is 0 Å². The van der Waals surface area contributed by atoms with Crippen LogP contribution >= 0.6 is 15.9 Å². The van der Waals surface area contributed by atoms with Gasteiger partial charge in [-0.1, -0.05) is 0 Å². The fourth-order valence-electron chi connectivity index (χ4n) is 0.853. The Morgan fingerprint density at radius 3 is 2.62 bits per heavy atom. The summed E-state index contributed by atoms with van der Waals surface area (Å²) in [4.78, 5) is 11.1. The topological polar surface area (TPSA) is 66.8 Å². The summed E-state index contributed by atoms with van der Waals surface area (Å²) in [5.41, 5.74) is 0.0833. The van der Waals surface area contributed by atoms with Crippen LogP contribution in [0.3, 0.4) is 0 Å². The molecule has 70 valence electrons. The number of esters is 1. The minimum atomic E-state index is -0.627. The highest BCUT2D eigenvalue weighted by atomic mass is 79.9. The number of carbonyl (C=O) groups excluding carboxylic acids is 1. The molecule has 0 fully saturated rings. The molecule has 5 heteroatoms. The summed E-state index contributed by atoms with van der Waals surface area (Å²) in [6.45, 7) is 0. The molecule has 0 saturated carbocycles. The third-order valence-corrected chi connectivity index (χ3v) is 2.28. The van der Waals surface area contributed by atoms with Crippen molar-refractivity contribution in [2.75, 3.05) is 7.11 Å². The van der Waals surface area contributed by atoms with Crippen molar-refractivity contribution in [3.63, 3.8) is 0 Å². The lowest BCUT2D eigenvalue weighted by atomic mass is 10.2. The third-order valence-electron chi connectivity index (χ3n) is 1.44. The zero-order chi connectivity index (χ0) is 10.0. The van der Waals surface area contributed by atoms with E-state index < -0.39 is 5.97 Å². The number of rotatable bonds is 1. The third kappa shape index (κ3) is 1.92. The van der Waals surface area contributed by atoms with Crippen molar-refractivity contribution < 1.29 is 19.7 Å². The van der Waals surface area contributed by atoms with E-state index in [1.807, 2.05) is 0 Å². The Morgan fingerprint density at radius 2 is 2.08 bits per heavy atom. The van der Waals surface area contributed by atoms with Gasteiger partial charge in [0.1, 0.15) is 11.5 Å². The van der Waals surface area contributed by atoms with Gasteiger partial charge >= 0.3 is 5.97 Å². The molecule has 0 aromatic heterocycles. The molecule has 0 aliphatic rings. The highest BCUT2D eigenvalue weighted by molar-refractivity contribution is 9.10. The Balaban J connectivity index is 3.28. The van der Waals surface area contributed by atoms with E-state index in [4.69, 9.17) is 5.11 Å². The summed E-state index contributed by atoms with van der Waals surface area (Å²) in [6, 6.07) is 2.33. The number of aromatic hydroxyl groups is 2. The number of carbonyl (C=O) groups is 1. The summed E-state index contributed by atoms with van der Waals surface area (Å²) >= 11 is 2.99. The summed E-state index contributed by atoms with van der Waals surface area (Å²) in [6.07, 6.45) is 0. The zero-order valence-corrected chi connectivity index (χ0v) is 8.33. The monoisotopic (exact) mass is 246 g/mol. The maximum Gasteiger partial charge on any atom is 0.339 e. The molecule has 0 saturated heterocycles. The molecule has 0 unspecified atom stereocenters. The number of hydrogen-bond acceptors (Lipinski definition) is 4. The summed E-state index contributed by atoms with van der Waals surface area (Å²) < 4.78 is 4.64. The quantitative estimate of drug-likeness (QED) is 0.740. The van der Waals surface area contributed by atoms with Crippen molar-refractivity contribution in [1.29, 1.82) is 0 Å². The second-order valence-corrected chi connectivity index (χ2v) is 3.11. The van der Waals surface area contributed by atoms with Crippen LogP contribution in [0.25, 0.3) is 0 Å². The minimum absolute atomic E-state index is 0.0833. The van der Waals surface area contributed by atoms with E-state index in [-0.39, 0.29) is 21.5 Å². The van der Waals surface area contributed by atoms with Gasteiger partial charge in [-0.25, -0.2) is 4.79 Å². The van der Waals surface area contributed by atoms with Crippen LogP contribution in [0.1, 0.15) is 10.4 Å². The van der Waals surface area contributed by atoms with Crippen molar-refractivity contribution in [2.45, 2.75) is 0 Å². The molecule has 13 heavy (non-hydrogen) atoms. The van der Waals surface area contributed by atoms with Gasteiger partial charge in [-0.2, -0.15) is 0 Å². The zero-order valence-electron chi connectivity index (χ0n) is 6.74. The largest absolute Gasteiger partial charge is 0.508 e. The first-order valence-corrected chi connectivity index (χ1v) is 4.15. The van der Waals surface area contributed by atoms with Crippen LogP contribution in [-0.4, -0.2) is 23.3 Å². The van der Waals surface area contributed by atoms with Gasteiger partial charge in [0.05, 0.1) is 17.1 Å². The number of phenols is 2. The summed E-state index contributed by atoms with van der Waals surface area (Å²) in [5.74, 6) is -1.03. The molecule has 1 aromatic carbocycles. The molecule has 0 bridgehead atoms. The molecule has 0 aliphatic heterocycles. The molecular weight excluding hydrogens is 240 g/mol. The van der Waals surface area contributed by atoms with Crippen LogP contribution in [0.4, 0.5) is 0 Å². The van der Waals surface area contributed by atoms with Crippen molar-refractivity contribution in [3.05, 3.63) is 22.2 Å². The number of phenolic OH excluding ortho intramolecular Hbond substituents is 2. The molecule has 1 rings (SSSR count). The maximum atomic E-state index is 11.1. The van der Waals surface area contributed by atoms with E-state index in [9.17, 15) is 9.90 Å². The molecule has 0 amide bonds. The van der Waals surface area contributed by atoms with Gasteiger partial charge in [0, 0.05) is 6.07 Å². The molecule has 0 spiro atoms. The Labute approximate surface area is 82.9 Å². The molecule has 0 heterocycles. The first-order chi connectivity index (χ1) is 6.06. The van der Waals surface area contributed by atoms with Gasteiger partial charge in [0.2, 0.25) is 0 Å². The average molecular weight is 247 g/mol. The number of methoxy groups -OCH3 is 1. The first-order valence-electron chi connectivity index (χ1n) is 3.36. The van der Waals surface area contributed by atoms with Gasteiger partial charge in [-0.05, 0) is 22.0 Å². The number of ether oxygens (including phenoxy) is 1. The van der Waals surface area contributed by atoms with E-state index in [2.05, 4.69) is 20.7 Å². The van der Waals surface area contributed by atoms with Crippen molar-refractivity contribution >= 4 is 21.9 Å². The van der Waals surface area contributed by atoms with E-state index in [1.165, 1.54) is 13.2 Å². The average Bonchev–Trinajstić information content (AvgIpc) is 2.10. The Kier molecular flexibility index (Phi) is 2.77. The number of hydrogen-bond donors (Lipinski definition) is 2. The Bertz CT molecular complexity index is 348. The van der Waals surface area contributed by atoms with Crippen LogP contribution in [0.2, 0.25) is 0 Å². The van der Waals surface area contributed by atoms with Crippen molar-refractivity contribution in [1.82, 2.24) is 0 Å². The van der Waals surface area contributed by atoms with Gasteiger partial charge < -0.3 is 14.9 Å². The summed E-state index contributed by atoms with van der Waals surface area (Å²) in [7, 11) is 1.22. The van der Waals surface area contributed by atoms with Crippen LogP contribution in [0.15, 0.2) is 16.6 Å². The number of benzene rings is 1. The molecular formula is C8H7BrO4. The molecule has 0 aliphatic carbocycles. The normalized spacial score (nSPS) is 9.69. The van der Waals surface area contributed by atoms with Gasteiger partial charge in [0.15, 0.2) is 0 Å². The predicted molar refractivity (Wildman–Crippen MR) is 48.8 cm³/mol. The summed E-state index contributed by atoms with van der Waals surface area (Å²) in [5, 5.41) is 18.3. The molecule has 0 atom stereocenters. The van der Waals surface area contributed by atoms with Crippen molar-refractivity contribution in [2.24, 2.45) is 0 Å². The standard InChI is InChI=1S/C8H7BrO4/c1-13-8(12)5-2-4(10)3-6(11)7(5)9/h2-3,10-11H,1H3. The van der Waals surface area contributed by atoms with Gasteiger partial charge in [-0.15, -0.1) is 0 Å². The van der Waals surface area contributed by atoms with Crippen molar-refractivity contribution in [3.8, 4) is 11.5 Å². The first kappa shape index (κ1) is 9.85. The van der Waals surface area contributed by atoms with E-state index in [0.29, 0.717) is 0 Å². The van der Waals surface area contributed by atoms with Gasteiger partial charge in [-0.3, -0.25) is 0 Å². The highest BCUT2D eigenvalue weighted by Crippen LogP contribution is 2.32. The fraction of sp³-hybridized carbons (Fsp3) is 0.125. The smallest absolute Gasteiger partial charge is 0.339 e. The lowest BCUT2D eigenvalue weighted by Gasteiger charge is -2.04. The van der Waals surface area contributed by atoms with Gasteiger partial charge in [0.25, 0.3) is 0 Å². The highest BCUT2D eigenvalue weighted by Gasteiger charge is 2.14.